The van der Waals surface area contributed by atoms with Crippen LogP contribution < -0.4 is 10.2 Å². The molecule has 2 aromatic heterocycles. The number of nitrogens with zero attached hydrogens (tertiary/aromatic N) is 6. The topological polar surface area (TPSA) is 78.7 Å². The summed E-state index contributed by atoms with van der Waals surface area (Å²) in [5.41, 5.74) is 1.21. The molecular weight excluding hydrogens is 438 g/mol. The van der Waals surface area contributed by atoms with Crippen LogP contribution in [0.5, 0.6) is 0 Å². The van der Waals surface area contributed by atoms with E-state index in [1.807, 2.05) is 9.42 Å². The van der Waals surface area contributed by atoms with E-state index in [0.29, 0.717) is 24.8 Å². The molecule has 2 fully saturated rings. The third-order valence-corrected chi connectivity index (χ3v) is 7.47. The first-order valence-corrected chi connectivity index (χ1v) is 12.6. The van der Waals surface area contributed by atoms with E-state index in [0.717, 1.165) is 43.4 Å². The van der Waals surface area contributed by atoms with Crippen molar-refractivity contribution in [2.75, 3.05) is 36.4 Å². The van der Waals surface area contributed by atoms with Crippen molar-refractivity contribution in [3.8, 4) is 0 Å². The maximum atomic E-state index is 11.8. The Morgan fingerprint density at radius 2 is 1.77 bits per heavy atom. The predicted octanol–water partition coefficient (Wildman–Crippen LogP) is 4.39. The number of carbonyl (C=O) groups excluding carboxylic acids is 1. The van der Waals surface area contributed by atoms with E-state index < -0.39 is 0 Å². The van der Waals surface area contributed by atoms with E-state index in [1.165, 1.54) is 22.8 Å². The van der Waals surface area contributed by atoms with Gasteiger partial charge in [-0.05, 0) is 42.2 Å². The molecule has 6 rings (SSSR count). The molecule has 180 valence electrons. The normalized spacial score (nSPS) is 17.5. The minimum Gasteiger partial charge on any atom is -0.363 e. The van der Waals surface area contributed by atoms with Gasteiger partial charge in [0.2, 0.25) is 5.91 Å². The monoisotopic (exact) mass is 469 g/mol. The lowest BCUT2D eigenvalue weighted by molar-refractivity contribution is -0.129. The summed E-state index contributed by atoms with van der Waals surface area (Å²) in [4.78, 5) is 25.6. The fraction of sp³-hybridized carbons (Fsp3) is 0.407. The number of anilines is 2. The van der Waals surface area contributed by atoms with Gasteiger partial charge in [-0.1, -0.05) is 42.8 Å². The van der Waals surface area contributed by atoms with Gasteiger partial charge in [0.15, 0.2) is 5.82 Å². The first-order valence-electron chi connectivity index (χ1n) is 12.6. The number of piperazine rings is 1. The molecule has 8 heteroatoms. The number of carbonyl (C=O) groups is 1. The molecule has 1 saturated carbocycles. The lowest BCUT2D eigenvalue weighted by atomic mass is 9.85. The van der Waals surface area contributed by atoms with Crippen LogP contribution in [0.25, 0.3) is 16.6 Å². The van der Waals surface area contributed by atoms with E-state index in [2.05, 4.69) is 65.7 Å². The molecule has 4 aromatic rings. The highest BCUT2D eigenvalue weighted by atomic mass is 16.2. The number of fused-ring (bicyclic) bond motifs is 2. The molecule has 3 heterocycles. The van der Waals surface area contributed by atoms with Gasteiger partial charge >= 0.3 is 0 Å². The second kappa shape index (κ2) is 8.83. The summed E-state index contributed by atoms with van der Waals surface area (Å²) in [5.74, 6) is 3.85. The summed E-state index contributed by atoms with van der Waals surface area (Å²) in [6, 6.07) is 17.2. The molecular formula is C27H31N7O. The summed E-state index contributed by atoms with van der Waals surface area (Å²) in [6.07, 6.45) is 3.53. The summed E-state index contributed by atoms with van der Waals surface area (Å²) in [6.45, 7) is 6.73. The van der Waals surface area contributed by atoms with Gasteiger partial charge in [0, 0.05) is 51.1 Å². The molecule has 0 bridgehead atoms. The Balaban J connectivity index is 1.33. The zero-order valence-corrected chi connectivity index (χ0v) is 20.3. The standard InChI is InChI=1S/C27H31N7O/c1-18(22-11-10-20-6-3-4-7-23(20)16-22)28-25-17-24(33-14-12-32(13-15-33)19(2)35)29-27-30-26(31-34(25)27)21-8-5-9-21/h3-4,6-7,10-11,16-18,21,28H,5,8-9,12-15H2,1-2H3/t18-/m1/s1. The maximum Gasteiger partial charge on any atom is 0.256 e. The summed E-state index contributed by atoms with van der Waals surface area (Å²) in [5, 5.41) is 11.0. The minimum atomic E-state index is 0.0731. The highest BCUT2D eigenvalue weighted by molar-refractivity contribution is 5.83. The second-order valence-electron chi connectivity index (χ2n) is 9.77. The number of rotatable bonds is 5. The molecule has 1 aliphatic heterocycles. The fourth-order valence-corrected chi connectivity index (χ4v) is 5.01. The first kappa shape index (κ1) is 21.8. The summed E-state index contributed by atoms with van der Waals surface area (Å²) in [7, 11) is 0. The zero-order valence-electron chi connectivity index (χ0n) is 20.3. The van der Waals surface area contributed by atoms with Gasteiger partial charge in [0.1, 0.15) is 11.6 Å². The minimum absolute atomic E-state index is 0.0731. The number of benzene rings is 2. The molecule has 2 aromatic carbocycles. The number of amides is 1. The van der Waals surface area contributed by atoms with Crippen molar-refractivity contribution >= 4 is 34.1 Å². The van der Waals surface area contributed by atoms with Crippen LogP contribution in [0.3, 0.4) is 0 Å². The van der Waals surface area contributed by atoms with Crippen molar-refractivity contribution in [3.05, 3.63) is 59.9 Å². The molecule has 2 aliphatic rings. The van der Waals surface area contributed by atoms with Gasteiger partial charge in [0.05, 0.1) is 0 Å². The SMILES string of the molecule is CC(=O)N1CCN(c2cc(N[C@H](C)c3ccc4ccccc4c3)n3nc(C4CCC4)nc3n2)CC1. The molecule has 8 nitrogen and oxygen atoms in total. The number of nitrogens with one attached hydrogen (secondary N) is 1. The van der Waals surface area contributed by atoms with Gasteiger partial charge in [-0.2, -0.15) is 14.5 Å². The highest BCUT2D eigenvalue weighted by Crippen LogP contribution is 2.35. The molecule has 1 atom stereocenters. The third-order valence-electron chi connectivity index (χ3n) is 7.47. The van der Waals surface area contributed by atoms with E-state index in [-0.39, 0.29) is 11.9 Å². The Hall–Kier alpha value is -3.68. The number of hydrogen-bond donors (Lipinski definition) is 1. The summed E-state index contributed by atoms with van der Waals surface area (Å²) >= 11 is 0. The van der Waals surface area contributed by atoms with Crippen molar-refractivity contribution in [2.45, 2.75) is 45.1 Å². The van der Waals surface area contributed by atoms with E-state index in [4.69, 9.17) is 15.1 Å². The van der Waals surface area contributed by atoms with Crippen LogP contribution in [0.15, 0.2) is 48.5 Å². The van der Waals surface area contributed by atoms with Gasteiger partial charge in [-0.25, -0.2) is 0 Å². The average molecular weight is 470 g/mol. The van der Waals surface area contributed by atoms with Crippen molar-refractivity contribution < 1.29 is 4.79 Å². The molecule has 0 spiro atoms. The van der Waals surface area contributed by atoms with Crippen molar-refractivity contribution in [1.82, 2.24) is 24.5 Å². The zero-order chi connectivity index (χ0) is 23.9. The molecule has 35 heavy (non-hydrogen) atoms. The maximum absolute atomic E-state index is 11.8. The number of aromatic nitrogens is 4. The average Bonchev–Trinajstić information content (AvgIpc) is 3.26. The summed E-state index contributed by atoms with van der Waals surface area (Å²) < 4.78 is 1.86. The Bertz CT molecular complexity index is 1390. The number of hydrogen-bond acceptors (Lipinski definition) is 6. The lowest BCUT2D eigenvalue weighted by Gasteiger charge is -2.35. The second-order valence-corrected chi connectivity index (χ2v) is 9.77. The van der Waals surface area contributed by atoms with E-state index in [9.17, 15) is 4.79 Å². The van der Waals surface area contributed by atoms with Crippen LogP contribution in [-0.4, -0.2) is 56.6 Å². The lowest BCUT2D eigenvalue weighted by Crippen LogP contribution is -2.48. The molecule has 1 N–H and O–H groups in total. The van der Waals surface area contributed by atoms with E-state index >= 15 is 0 Å². The van der Waals surface area contributed by atoms with E-state index in [1.54, 1.807) is 6.92 Å². The molecule has 1 saturated heterocycles. The Morgan fingerprint density at radius 3 is 2.49 bits per heavy atom. The first-order chi connectivity index (χ1) is 17.0. The van der Waals surface area contributed by atoms with Gasteiger partial charge < -0.3 is 15.1 Å². The largest absolute Gasteiger partial charge is 0.363 e. The van der Waals surface area contributed by atoms with Crippen LogP contribution >= 0.6 is 0 Å². The van der Waals surface area contributed by atoms with Gasteiger partial charge in [0.25, 0.3) is 5.78 Å². The highest BCUT2D eigenvalue weighted by Gasteiger charge is 2.26. The van der Waals surface area contributed by atoms with Gasteiger partial charge in [-0.3, -0.25) is 4.79 Å². The Labute approximate surface area is 205 Å². The molecule has 0 unspecified atom stereocenters. The van der Waals surface area contributed by atoms with Crippen LogP contribution in [0, 0.1) is 0 Å². The third kappa shape index (κ3) is 4.17. The Morgan fingerprint density at radius 1 is 1.00 bits per heavy atom. The molecule has 0 radical (unpaired) electrons. The molecule has 1 amide bonds. The van der Waals surface area contributed by atoms with Crippen LogP contribution in [0.2, 0.25) is 0 Å². The van der Waals surface area contributed by atoms with Crippen molar-refractivity contribution in [1.29, 1.82) is 0 Å². The predicted molar refractivity (Wildman–Crippen MR) is 138 cm³/mol. The van der Waals surface area contributed by atoms with Crippen LogP contribution in [-0.2, 0) is 4.79 Å². The van der Waals surface area contributed by atoms with Crippen LogP contribution in [0.1, 0.15) is 56.5 Å². The van der Waals surface area contributed by atoms with Gasteiger partial charge in [-0.15, -0.1) is 5.10 Å². The Kier molecular flexibility index (Phi) is 5.51. The quantitative estimate of drug-likeness (QED) is 0.467. The van der Waals surface area contributed by atoms with Crippen LogP contribution in [0.4, 0.5) is 11.6 Å². The fourth-order valence-electron chi connectivity index (χ4n) is 5.01. The van der Waals surface area contributed by atoms with Crippen molar-refractivity contribution in [2.24, 2.45) is 0 Å². The molecule has 1 aliphatic carbocycles. The van der Waals surface area contributed by atoms with Crippen molar-refractivity contribution in [3.63, 3.8) is 0 Å². The smallest absolute Gasteiger partial charge is 0.256 e.